The summed E-state index contributed by atoms with van der Waals surface area (Å²) in [6.45, 7) is 23.9. The molecule has 11 rings (SSSR count). The zero-order valence-corrected chi connectivity index (χ0v) is 38.7. The monoisotopic (exact) mass is 814 g/mol. The predicted octanol–water partition coefficient (Wildman–Crippen LogP) is 17.3. The fourth-order valence-corrected chi connectivity index (χ4v) is 10.1. The lowest BCUT2D eigenvalue weighted by atomic mass is 9.82. The van der Waals surface area contributed by atoms with E-state index in [1.807, 2.05) is 27.7 Å². The molecule has 0 saturated heterocycles. The van der Waals surface area contributed by atoms with Gasteiger partial charge in [0.05, 0.1) is 21.9 Å². The van der Waals surface area contributed by atoms with E-state index in [1.165, 1.54) is 94.3 Å². The zero-order valence-electron chi connectivity index (χ0n) is 38.7. The molecule has 62 heavy (non-hydrogen) atoms. The molecule has 0 amide bonds. The number of hydrogen-bond acceptors (Lipinski definition) is 1. The van der Waals surface area contributed by atoms with Crippen LogP contribution in [0.15, 0.2) is 144 Å². The quantitative estimate of drug-likeness (QED) is 0.159. The van der Waals surface area contributed by atoms with Gasteiger partial charge in [0.2, 0.25) is 0 Å². The van der Waals surface area contributed by atoms with Crippen LogP contribution in [0.5, 0.6) is 0 Å². The van der Waals surface area contributed by atoms with Gasteiger partial charge < -0.3 is 13.6 Å². The molecule has 3 heteroatoms. The molecular formula is C59H62N2O. The Balaban J connectivity index is 0.000000325. The van der Waals surface area contributed by atoms with Gasteiger partial charge in [0.25, 0.3) is 0 Å². The summed E-state index contributed by atoms with van der Waals surface area (Å²) < 4.78 is 11.6. The lowest BCUT2D eigenvalue weighted by Gasteiger charge is -2.22. The predicted molar refractivity (Wildman–Crippen MR) is 271 cm³/mol. The minimum atomic E-state index is -0.176. The maximum Gasteiger partial charge on any atom is 0.145 e. The second-order valence-corrected chi connectivity index (χ2v) is 16.6. The molecule has 6 aromatic carbocycles. The molecule has 3 nitrogen and oxygen atoms in total. The van der Waals surface area contributed by atoms with Crippen LogP contribution in [0.25, 0.3) is 82.7 Å². The van der Waals surface area contributed by atoms with Crippen LogP contribution in [0.1, 0.15) is 109 Å². The molecule has 0 bridgehead atoms. The van der Waals surface area contributed by atoms with Gasteiger partial charge in [-0.2, -0.15) is 0 Å². The van der Waals surface area contributed by atoms with Crippen LogP contribution in [-0.4, -0.2) is 9.13 Å². The molecule has 0 radical (unpaired) electrons. The van der Waals surface area contributed by atoms with E-state index in [2.05, 4.69) is 197 Å². The van der Waals surface area contributed by atoms with Crippen LogP contribution in [-0.2, 0) is 18.3 Å². The summed E-state index contributed by atoms with van der Waals surface area (Å²) in [5, 5.41) is 6.07. The van der Waals surface area contributed by atoms with Crippen LogP contribution >= 0.6 is 0 Å². The topological polar surface area (TPSA) is 23.0 Å². The van der Waals surface area contributed by atoms with E-state index in [4.69, 9.17) is 4.42 Å². The van der Waals surface area contributed by atoms with Crippen molar-refractivity contribution in [1.82, 2.24) is 9.13 Å². The summed E-state index contributed by atoms with van der Waals surface area (Å²) in [4.78, 5) is 0. The largest absolute Gasteiger partial charge is 0.455 e. The lowest BCUT2D eigenvalue weighted by Crippen LogP contribution is -2.15. The molecule has 0 N–H and O–H groups in total. The SMILES string of the molecule is C/C=C\C(=C/CC)n1c2cc3c(cc2c2c4oc5ccccc5c4ccc21)-c1cc2c(C)c(CC)n(-c4ccccc4)c2cc1C3(C)C.CC.CC.CC1=CCc2ccccc21. The average molecular weight is 815 g/mol. The van der Waals surface area contributed by atoms with Crippen molar-refractivity contribution in [3.63, 3.8) is 0 Å². The highest BCUT2D eigenvalue weighted by atomic mass is 16.3. The Hall–Kier alpha value is -6.32. The number of rotatable bonds is 5. The zero-order chi connectivity index (χ0) is 43.9. The standard InChI is InChI=1S/C45H40N2O.C10H10.2C2H6/c1-7-15-28(16-8-2)47-39-22-21-31-30-19-13-14-20-42(30)48-44(31)43(39)35-24-34-33-23-32-27(4)38(9-3)46(29-17-11-10-12-18-29)40(32)25-36(33)45(5,6)37(34)26-41(35)47;1-8-6-7-9-4-2-3-5-10(8)9;2*1-2/h7,10-26H,8-9H2,1-6H3;2-6H,7H2,1H3;2*1-2H3/b15-7-,28-16+;;;. The van der Waals surface area contributed by atoms with Crippen molar-refractivity contribution in [2.45, 2.75) is 101 Å². The Kier molecular flexibility index (Phi) is 11.8. The van der Waals surface area contributed by atoms with Gasteiger partial charge in [-0.15, -0.1) is 0 Å². The first-order valence-corrected chi connectivity index (χ1v) is 23.0. The molecular weight excluding hydrogens is 753 g/mol. The Morgan fingerprint density at radius 3 is 2.03 bits per heavy atom. The first-order valence-electron chi connectivity index (χ1n) is 23.0. The normalized spacial score (nSPS) is 13.7. The third-order valence-corrected chi connectivity index (χ3v) is 13.0. The minimum Gasteiger partial charge on any atom is -0.455 e. The molecule has 9 aromatic rings. The highest BCUT2D eigenvalue weighted by Crippen LogP contribution is 2.53. The number of furan rings is 1. The molecule has 0 aliphatic heterocycles. The number of benzene rings is 6. The van der Waals surface area contributed by atoms with Gasteiger partial charge in [-0.3, -0.25) is 0 Å². The van der Waals surface area contributed by atoms with Gasteiger partial charge in [-0.1, -0.05) is 134 Å². The van der Waals surface area contributed by atoms with Gasteiger partial charge in [-0.05, 0) is 145 Å². The van der Waals surface area contributed by atoms with Crippen LogP contribution < -0.4 is 0 Å². The van der Waals surface area contributed by atoms with Gasteiger partial charge >= 0.3 is 0 Å². The van der Waals surface area contributed by atoms with Crippen molar-refractivity contribution in [2.24, 2.45) is 0 Å². The molecule has 0 spiro atoms. The number of aryl methyl sites for hydroxylation is 1. The fourth-order valence-electron chi connectivity index (χ4n) is 10.1. The maximum absolute atomic E-state index is 6.71. The number of fused-ring (bicyclic) bond motifs is 12. The summed E-state index contributed by atoms with van der Waals surface area (Å²) in [7, 11) is 0. The number of hydrogen-bond donors (Lipinski definition) is 0. The fraction of sp³-hybridized carbons (Fsp3) is 0.254. The molecule has 0 fully saturated rings. The highest BCUT2D eigenvalue weighted by molar-refractivity contribution is 6.25. The second-order valence-electron chi connectivity index (χ2n) is 16.6. The Bertz CT molecular complexity index is 3210. The minimum absolute atomic E-state index is 0.176. The van der Waals surface area contributed by atoms with E-state index in [-0.39, 0.29) is 5.41 Å². The number of para-hydroxylation sites is 2. The van der Waals surface area contributed by atoms with Crippen LogP contribution in [0.4, 0.5) is 0 Å². The average Bonchev–Trinajstić information content (AvgIpc) is 4.09. The Labute approximate surface area is 368 Å². The van der Waals surface area contributed by atoms with Crippen molar-refractivity contribution < 1.29 is 4.42 Å². The van der Waals surface area contributed by atoms with Gasteiger partial charge in [0.15, 0.2) is 0 Å². The van der Waals surface area contributed by atoms with Crippen LogP contribution in [0, 0.1) is 6.92 Å². The summed E-state index contributed by atoms with van der Waals surface area (Å²) in [6, 6.07) is 42.3. The number of allylic oxidation sites excluding steroid dienone is 6. The Morgan fingerprint density at radius 1 is 0.677 bits per heavy atom. The summed E-state index contributed by atoms with van der Waals surface area (Å²) in [6.07, 6.45) is 12.1. The molecule has 0 unspecified atom stereocenters. The Morgan fingerprint density at radius 2 is 1.34 bits per heavy atom. The molecule has 2 aliphatic carbocycles. The van der Waals surface area contributed by atoms with Crippen molar-refractivity contribution in [3.8, 4) is 16.8 Å². The number of aromatic nitrogens is 2. The van der Waals surface area contributed by atoms with Gasteiger partial charge in [0.1, 0.15) is 11.2 Å². The van der Waals surface area contributed by atoms with Gasteiger partial charge in [0, 0.05) is 44.0 Å². The summed E-state index contributed by atoms with van der Waals surface area (Å²) >= 11 is 0. The van der Waals surface area contributed by atoms with E-state index < -0.39 is 0 Å². The van der Waals surface area contributed by atoms with Crippen LogP contribution in [0.2, 0.25) is 0 Å². The summed E-state index contributed by atoms with van der Waals surface area (Å²) in [5.41, 5.74) is 20.3. The second kappa shape index (κ2) is 17.2. The van der Waals surface area contributed by atoms with E-state index in [0.717, 1.165) is 41.2 Å². The third-order valence-electron chi connectivity index (χ3n) is 13.0. The first-order chi connectivity index (χ1) is 30.2. The van der Waals surface area contributed by atoms with Crippen molar-refractivity contribution in [3.05, 3.63) is 173 Å². The summed E-state index contributed by atoms with van der Waals surface area (Å²) in [5.74, 6) is 0. The van der Waals surface area contributed by atoms with Crippen molar-refractivity contribution in [2.75, 3.05) is 0 Å². The van der Waals surface area contributed by atoms with Crippen LogP contribution in [0.3, 0.4) is 0 Å². The van der Waals surface area contributed by atoms with Crippen molar-refractivity contribution in [1.29, 1.82) is 0 Å². The van der Waals surface area contributed by atoms with E-state index in [9.17, 15) is 0 Å². The molecule has 314 valence electrons. The molecule has 0 saturated carbocycles. The molecule has 2 aliphatic rings. The third kappa shape index (κ3) is 6.65. The molecule has 3 aromatic heterocycles. The van der Waals surface area contributed by atoms with Crippen molar-refractivity contribution >= 4 is 65.9 Å². The lowest BCUT2D eigenvalue weighted by molar-refractivity contribution is 0.661. The van der Waals surface area contributed by atoms with E-state index in [1.54, 1.807) is 0 Å². The van der Waals surface area contributed by atoms with E-state index in [0.29, 0.717) is 0 Å². The highest BCUT2D eigenvalue weighted by Gasteiger charge is 2.38. The smallest absolute Gasteiger partial charge is 0.145 e. The van der Waals surface area contributed by atoms with Gasteiger partial charge in [-0.25, -0.2) is 0 Å². The molecule has 3 heterocycles. The maximum atomic E-state index is 6.71. The molecule has 0 atom stereocenters. The first kappa shape index (κ1) is 42.4. The van der Waals surface area contributed by atoms with E-state index >= 15 is 0 Å². The number of nitrogens with zero attached hydrogens (tertiary/aromatic N) is 2.